The molecule has 0 heterocycles. The third kappa shape index (κ3) is 3.43. The van der Waals surface area contributed by atoms with Crippen molar-refractivity contribution in [1.82, 2.24) is 0 Å². The van der Waals surface area contributed by atoms with Crippen LogP contribution in [0.3, 0.4) is 0 Å². The lowest BCUT2D eigenvalue weighted by molar-refractivity contribution is 0.302. The van der Waals surface area contributed by atoms with E-state index in [-0.39, 0.29) is 24.0 Å². The van der Waals surface area contributed by atoms with Gasteiger partial charge in [-0.1, -0.05) is 17.7 Å². The van der Waals surface area contributed by atoms with E-state index in [4.69, 9.17) is 22.1 Å². The van der Waals surface area contributed by atoms with Crippen molar-refractivity contribution in [2.24, 2.45) is 5.73 Å². The third-order valence-electron chi connectivity index (χ3n) is 2.62. The van der Waals surface area contributed by atoms with Crippen LogP contribution in [0.25, 0.3) is 0 Å². The minimum Gasteiger partial charge on any atom is -0.489 e. The molecule has 2 rings (SSSR count). The van der Waals surface area contributed by atoms with Crippen molar-refractivity contribution in [3.05, 3.63) is 64.2 Å². The summed E-state index contributed by atoms with van der Waals surface area (Å²) in [5.41, 5.74) is 6.71. The van der Waals surface area contributed by atoms with Gasteiger partial charge >= 0.3 is 0 Å². The molecule has 0 saturated heterocycles. The molecule has 0 aliphatic heterocycles. The lowest BCUT2D eigenvalue weighted by Gasteiger charge is -2.10. The molecule has 0 bridgehead atoms. The standard InChI is InChI=1S/C14H12ClF2NO/c15-12-3-1-9(5-13(12)17)8-19-14-4-2-11(16)6-10(14)7-18/h1-6H,7-8,18H2. The first-order chi connectivity index (χ1) is 9.10. The van der Waals surface area contributed by atoms with Crippen molar-refractivity contribution < 1.29 is 13.5 Å². The predicted molar refractivity (Wildman–Crippen MR) is 70.0 cm³/mol. The molecule has 0 aromatic heterocycles. The van der Waals surface area contributed by atoms with Crippen LogP contribution >= 0.6 is 11.6 Å². The van der Waals surface area contributed by atoms with Crippen molar-refractivity contribution >= 4 is 11.6 Å². The highest BCUT2D eigenvalue weighted by atomic mass is 35.5. The summed E-state index contributed by atoms with van der Waals surface area (Å²) < 4.78 is 31.8. The second kappa shape index (κ2) is 5.99. The normalized spacial score (nSPS) is 10.5. The Bertz CT molecular complexity index is 590. The molecule has 100 valence electrons. The van der Waals surface area contributed by atoms with E-state index in [1.807, 2.05) is 0 Å². The van der Waals surface area contributed by atoms with Gasteiger partial charge in [-0.25, -0.2) is 8.78 Å². The lowest BCUT2D eigenvalue weighted by Crippen LogP contribution is -2.03. The number of hydrogen-bond acceptors (Lipinski definition) is 2. The van der Waals surface area contributed by atoms with Crippen LogP contribution in [0, 0.1) is 11.6 Å². The fourth-order valence-corrected chi connectivity index (χ4v) is 1.76. The number of nitrogens with two attached hydrogens (primary N) is 1. The van der Waals surface area contributed by atoms with Crippen molar-refractivity contribution in [2.75, 3.05) is 0 Å². The van der Waals surface area contributed by atoms with Crippen LogP contribution in [0.5, 0.6) is 5.75 Å². The number of benzene rings is 2. The SMILES string of the molecule is NCc1cc(F)ccc1OCc1ccc(Cl)c(F)c1. The number of halogens is 3. The van der Waals surface area contributed by atoms with Gasteiger partial charge in [0.15, 0.2) is 0 Å². The largest absolute Gasteiger partial charge is 0.489 e. The Balaban J connectivity index is 2.12. The summed E-state index contributed by atoms with van der Waals surface area (Å²) in [5.74, 6) is -0.384. The molecule has 2 N–H and O–H groups in total. The zero-order valence-electron chi connectivity index (χ0n) is 10.00. The number of rotatable bonds is 4. The molecule has 2 aromatic carbocycles. The molecule has 0 atom stereocenters. The van der Waals surface area contributed by atoms with Crippen LogP contribution in [0.1, 0.15) is 11.1 Å². The first kappa shape index (κ1) is 13.8. The average molecular weight is 284 g/mol. The maximum atomic E-state index is 13.2. The zero-order valence-corrected chi connectivity index (χ0v) is 10.8. The van der Waals surface area contributed by atoms with E-state index in [0.29, 0.717) is 16.9 Å². The summed E-state index contributed by atoms with van der Waals surface area (Å²) in [6, 6.07) is 8.54. The van der Waals surface area contributed by atoms with Gasteiger partial charge in [0, 0.05) is 12.1 Å². The van der Waals surface area contributed by atoms with E-state index in [1.165, 1.54) is 30.3 Å². The average Bonchev–Trinajstić information content (AvgIpc) is 2.41. The van der Waals surface area contributed by atoms with Crippen LogP contribution in [-0.4, -0.2) is 0 Å². The summed E-state index contributed by atoms with van der Waals surface area (Å²) in [6.45, 7) is 0.328. The van der Waals surface area contributed by atoms with Crippen LogP contribution in [0.4, 0.5) is 8.78 Å². The van der Waals surface area contributed by atoms with Crippen molar-refractivity contribution in [3.63, 3.8) is 0 Å². The van der Waals surface area contributed by atoms with E-state index in [1.54, 1.807) is 6.07 Å². The number of ether oxygens (including phenoxy) is 1. The van der Waals surface area contributed by atoms with Gasteiger partial charge < -0.3 is 10.5 Å². The van der Waals surface area contributed by atoms with Gasteiger partial charge in [0.25, 0.3) is 0 Å². The Labute approximate surface area is 114 Å². The topological polar surface area (TPSA) is 35.2 Å². The fourth-order valence-electron chi connectivity index (χ4n) is 1.64. The molecule has 0 aliphatic rings. The maximum Gasteiger partial charge on any atom is 0.142 e. The Morgan fingerprint density at radius 3 is 2.58 bits per heavy atom. The van der Waals surface area contributed by atoms with E-state index in [9.17, 15) is 8.78 Å². The third-order valence-corrected chi connectivity index (χ3v) is 2.93. The summed E-state index contributed by atoms with van der Waals surface area (Å²) in [7, 11) is 0. The summed E-state index contributed by atoms with van der Waals surface area (Å²) >= 11 is 5.59. The van der Waals surface area contributed by atoms with Crippen molar-refractivity contribution in [1.29, 1.82) is 0 Å². The lowest BCUT2D eigenvalue weighted by atomic mass is 10.2. The summed E-state index contributed by atoms with van der Waals surface area (Å²) in [5, 5.41) is 0.0631. The monoisotopic (exact) mass is 283 g/mol. The summed E-state index contributed by atoms with van der Waals surface area (Å²) in [6.07, 6.45) is 0. The van der Waals surface area contributed by atoms with Crippen LogP contribution in [0.15, 0.2) is 36.4 Å². The van der Waals surface area contributed by atoms with Crippen molar-refractivity contribution in [2.45, 2.75) is 13.2 Å². The quantitative estimate of drug-likeness (QED) is 0.929. The minimum atomic E-state index is -0.499. The molecule has 2 aromatic rings. The molecule has 0 radical (unpaired) electrons. The molecule has 0 fully saturated rings. The van der Waals surface area contributed by atoms with Gasteiger partial charge in [-0.15, -0.1) is 0 Å². The van der Waals surface area contributed by atoms with E-state index >= 15 is 0 Å². The van der Waals surface area contributed by atoms with Gasteiger partial charge in [0.1, 0.15) is 24.0 Å². The van der Waals surface area contributed by atoms with Gasteiger partial charge in [-0.2, -0.15) is 0 Å². The van der Waals surface area contributed by atoms with Gasteiger partial charge in [-0.05, 0) is 35.9 Å². The number of hydrogen-bond donors (Lipinski definition) is 1. The van der Waals surface area contributed by atoms with Crippen LogP contribution < -0.4 is 10.5 Å². The van der Waals surface area contributed by atoms with Gasteiger partial charge in [0.2, 0.25) is 0 Å². The smallest absolute Gasteiger partial charge is 0.142 e. The first-order valence-electron chi connectivity index (χ1n) is 5.65. The molecule has 0 amide bonds. The molecule has 2 nitrogen and oxygen atoms in total. The molecule has 0 saturated carbocycles. The van der Waals surface area contributed by atoms with Crippen molar-refractivity contribution in [3.8, 4) is 5.75 Å². The maximum absolute atomic E-state index is 13.2. The molecule has 0 aliphatic carbocycles. The Morgan fingerprint density at radius 1 is 1.11 bits per heavy atom. The zero-order chi connectivity index (χ0) is 13.8. The van der Waals surface area contributed by atoms with Gasteiger partial charge in [0.05, 0.1) is 5.02 Å². The Kier molecular flexibility index (Phi) is 4.35. The molecule has 0 unspecified atom stereocenters. The second-order valence-electron chi connectivity index (χ2n) is 3.99. The minimum absolute atomic E-state index is 0.0631. The molecule has 5 heteroatoms. The predicted octanol–water partition coefficient (Wildman–Crippen LogP) is 3.66. The first-order valence-corrected chi connectivity index (χ1v) is 6.03. The Hall–Kier alpha value is -1.65. The highest BCUT2D eigenvalue weighted by Crippen LogP contribution is 2.21. The second-order valence-corrected chi connectivity index (χ2v) is 4.40. The van der Waals surface area contributed by atoms with E-state index in [2.05, 4.69) is 0 Å². The van der Waals surface area contributed by atoms with E-state index in [0.717, 1.165) is 0 Å². The molecule has 0 spiro atoms. The highest BCUT2D eigenvalue weighted by Gasteiger charge is 2.06. The van der Waals surface area contributed by atoms with Crippen LogP contribution in [-0.2, 0) is 13.2 Å². The molecule has 19 heavy (non-hydrogen) atoms. The molecular formula is C14H12ClF2NO. The fraction of sp³-hybridized carbons (Fsp3) is 0.143. The van der Waals surface area contributed by atoms with Crippen LogP contribution in [0.2, 0.25) is 5.02 Å². The highest BCUT2D eigenvalue weighted by molar-refractivity contribution is 6.30. The summed E-state index contributed by atoms with van der Waals surface area (Å²) in [4.78, 5) is 0. The molecular weight excluding hydrogens is 272 g/mol. The van der Waals surface area contributed by atoms with E-state index < -0.39 is 5.82 Å². The van der Waals surface area contributed by atoms with Gasteiger partial charge in [-0.3, -0.25) is 0 Å². The Morgan fingerprint density at radius 2 is 1.89 bits per heavy atom.